The minimum absolute atomic E-state index is 0.783. The second-order valence-electron chi connectivity index (χ2n) is 3.01. The molecule has 0 N–H and O–H groups in total. The van der Waals surface area contributed by atoms with Crippen LogP contribution in [-0.2, 0) is 0 Å². The van der Waals surface area contributed by atoms with Crippen molar-refractivity contribution in [2.45, 2.75) is 0 Å². The summed E-state index contributed by atoms with van der Waals surface area (Å²) in [5, 5.41) is 7.61. The van der Waals surface area contributed by atoms with Crippen LogP contribution in [0.4, 0.5) is 0 Å². The lowest BCUT2D eigenvalue weighted by Gasteiger charge is -2.32. The van der Waals surface area contributed by atoms with Gasteiger partial charge in [-0.3, -0.25) is 0 Å². The highest BCUT2D eigenvalue weighted by molar-refractivity contribution is 4.92. The smallest absolute Gasteiger partial charge is 0.143 e. The van der Waals surface area contributed by atoms with Gasteiger partial charge in [0.15, 0.2) is 0 Å². The molecule has 12 heavy (non-hydrogen) atoms. The van der Waals surface area contributed by atoms with Crippen LogP contribution in [0.1, 0.15) is 0 Å². The molecule has 1 aliphatic rings. The van der Waals surface area contributed by atoms with Gasteiger partial charge in [0.05, 0.1) is 0 Å². The SMILES string of the molecule is C=C(N=NC)N1CCN(C)CC1. The Morgan fingerprint density at radius 2 is 1.83 bits per heavy atom. The zero-order valence-electron chi connectivity index (χ0n) is 7.82. The molecule has 0 saturated carbocycles. The van der Waals surface area contributed by atoms with Gasteiger partial charge < -0.3 is 9.80 Å². The van der Waals surface area contributed by atoms with Gasteiger partial charge >= 0.3 is 0 Å². The first kappa shape index (κ1) is 9.19. The first-order chi connectivity index (χ1) is 5.74. The molecule has 0 aromatic carbocycles. The molecule has 0 aromatic heterocycles. The fourth-order valence-electron chi connectivity index (χ4n) is 1.24. The number of hydrogen-bond donors (Lipinski definition) is 0. The molecule has 0 aliphatic carbocycles. The third-order valence-corrected chi connectivity index (χ3v) is 2.08. The molecule has 0 spiro atoms. The van der Waals surface area contributed by atoms with Gasteiger partial charge in [-0.05, 0) is 7.05 Å². The standard InChI is InChI=1S/C8H16N4/c1-8(10-9-2)12-6-4-11(3)5-7-12/h1,4-7H2,2-3H3. The molecule has 4 heteroatoms. The van der Waals surface area contributed by atoms with Crippen molar-refractivity contribution in [3.8, 4) is 0 Å². The zero-order chi connectivity index (χ0) is 8.97. The minimum atomic E-state index is 0.783. The van der Waals surface area contributed by atoms with Gasteiger partial charge in [0.2, 0.25) is 0 Å². The first-order valence-corrected chi connectivity index (χ1v) is 4.16. The van der Waals surface area contributed by atoms with Gasteiger partial charge in [-0.1, -0.05) is 6.58 Å². The largest absolute Gasteiger partial charge is 0.353 e. The van der Waals surface area contributed by atoms with Crippen LogP contribution in [0.25, 0.3) is 0 Å². The Morgan fingerprint density at radius 3 is 2.33 bits per heavy atom. The lowest BCUT2D eigenvalue weighted by molar-refractivity contribution is 0.184. The van der Waals surface area contributed by atoms with Crippen LogP contribution in [0.5, 0.6) is 0 Å². The normalized spacial score (nSPS) is 20.3. The molecule has 1 aliphatic heterocycles. The molecule has 0 atom stereocenters. The van der Waals surface area contributed by atoms with Crippen molar-refractivity contribution in [3.63, 3.8) is 0 Å². The van der Waals surface area contributed by atoms with Crippen molar-refractivity contribution in [2.24, 2.45) is 10.2 Å². The summed E-state index contributed by atoms with van der Waals surface area (Å²) in [4.78, 5) is 4.46. The highest BCUT2D eigenvalue weighted by atomic mass is 15.3. The van der Waals surface area contributed by atoms with Crippen LogP contribution in [0.15, 0.2) is 22.6 Å². The Hall–Kier alpha value is -0.900. The molecule has 4 nitrogen and oxygen atoms in total. The fraction of sp³-hybridized carbons (Fsp3) is 0.750. The molecule has 0 unspecified atom stereocenters. The van der Waals surface area contributed by atoms with Crippen molar-refractivity contribution in [1.82, 2.24) is 9.80 Å². The van der Waals surface area contributed by atoms with Gasteiger partial charge in [0.25, 0.3) is 0 Å². The molecule has 68 valence electrons. The van der Waals surface area contributed by atoms with Crippen LogP contribution in [0.2, 0.25) is 0 Å². The van der Waals surface area contributed by atoms with E-state index in [4.69, 9.17) is 0 Å². The van der Waals surface area contributed by atoms with E-state index in [1.807, 2.05) is 0 Å². The number of rotatable bonds is 2. The van der Waals surface area contributed by atoms with Crippen LogP contribution in [-0.4, -0.2) is 50.1 Å². The van der Waals surface area contributed by atoms with Crippen molar-refractivity contribution in [1.29, 1.82) is 0 Å². The van der Waals surface area contributed by atoms with E-state index < -0.39 is 0 Å². The molecule has 1 fully saturated rings. The molecular weight excluding hydrogens is 152 g/mol. The number of hydrogen-bond acceptors (Lipinski definition) is 4. The molecule has 1 rings (SSSR count). The Bertz CT molecular complexity index is 179. The van der Waals surface area contributed by atoms with Gasteiger partial charge in [0.1, 0.15) is 5.82 Å². The van der Waals surface area contributed by atoms with E-state index in [1.165, 1.54) is 0 Å². The molecule has 0 bridgehead atoms. The average molecular weight is 168 g/mol. The van der Waals surface area contributed by atoms with Gasteiger partial charge in [0, 0.05) is 33.2 Å². The predicted molar refractivity (Wildman–Crippen MR) is 49.0 cm³/mol. The molecule has 0 aromatic rings. The van der Waals surface area contributed by atoms with Gasteiger partial charge in [-0.2, -0.15) is 5.11 Å². The Balaban J connectivity index is 2.39. The summed E-state index contributed by atoms with van der Waals surface area (Å²) >= 11 is 0. The monoisotopic (exact) mass is 168 g/mol. The maximum Gasteiger partial charge on any atom is 0.143 e. The third-order valence-electron chi connectivity index (χ3n) is 2.08. The third kappa shape index (κ3) is 2.30. The lowest BCUT2D eigenvalue weighted by atomic mass is 10.3. The van der Waals surface area contributed by atoms with E-state index in [1.54, 1.807) is 7.05 Å². The fourth-order valence-corrected chi connectivity index (χ4v) is 1.24. The topological polar surface area (TPSA) is 31.2 Å². The molecule has 1 saturated heterocycles. The maximum atomic E-state index is 3.91. The second-order valence-corrected chi connectivity index (χ2v) is 3.01. The summed E-state index contributed by atoms with van der Waals surface area (Å²) < 4.78 is 0. The van der Waals surface area contributed by atoms with E-state index in [0.29, 0.717) is 0 Å². The highest BCUT2D eigenvalue weighted by Crippen LogP contribution is 2.07. The van der Waals surface area contributed by atoms with E-state index in [0.717, 1.165) is 32.0 Å². The Labute approximate surface area is 73.6 Å². The molecule has 0 amide bonds. The number of piperazine rings is 1. The summed E-state index contributed by atoms with van der Waals surface area (Å²) in [5.41, 5.74) is 0. The molecular formula is C8H16N4. The highest BCUT2D eigenvalue weighted by Gasteiger charge is 2.14. The summed E-state index contributed by atoms with van der Waals surface area (Å²) in [7, 11) is 3.79. The quantitative estimate of drug-likeness (QED) is 0.571. The first-order valence-electron chi connectivity index (χ1n) is 4.16. The van der Waals surface area contributed by atoms with E-state index >= 15 is 0 Å². The van der Waals surface area contributed by atoms with Crippen molar-refractivity contribution < 1.29 is 0 Å². The summed E-state index contributed by atoms with van der Waals surface area (Å²) in [6.07, 6.45) is 0. The molecule has 0 radical (unpaired) electrons. The number of likely N-dealkylation sites (N-methyl/N-ethyl adjacent to an activating group) is 1. The second kappa shape index (κ2) is 4.21. The summed E-state index contributed by atoms with van der Waals surface area (Å²) in [6.45, 7) is 8.02. The minimum Gasteiger partial charge on any atom is -0.353 e. The maximum absolute atomic E-state index is 3.91. The summed E-state index contributed by atoms with van der Waals surface area (Å²) in [6, 6.07) is 0. The summed E-state index contributed by atoms with van der Waals surface area (Å²) in [5.74, 6) is 0.783. The van der Waals surface area contributed by atoms with Crippen LogP contribution >= 0.6 is 0 Å². The van der Waals surface area contributed by atoms with Crippen LogP contribution < -0.4 is 0 Å². The van der Waals surface area contributed by atoms with Crippen molar-refractivity contribution in [2.75, 3.05) is 40.3 Å². The van der Waals surface area contributed by atoms with Gasteiger partial charge in [-0.15, -0.1) is 5.11 Å². The zero-order valence-corrected chi connectivity index (χ0v) is 7.82. The average Bonchev–Trinajstić information content (AvgIpc) is 2.06. The van der Waals surface area contributed by atoms with E-state index in [-0.39, 0.29) is 0 Å². The Morgan fingerprint density at radius 1 is 1.25 bits per heavy atom. The molecule has 1 heterocycles. The van der Waals surface area contributed by atoms with Crippen molar-refractivity contribution in [3.05, 3.63) is 12.4 Å². The van der Waals surface area contributed by atoms with Crippen LogP contribution in [0.3, 0.4) is 0 Å². The predicted octanol–water partition coefficient (Wildman–Crippen LogP) is 0.787. The Kier molecular flexibility index (Phi) is 3.22. The van der Waals surface area contributed by atoms with Crippen molar-refractivity contribution >= 4 is 0 Å². The lowest BCUT2D eigenvalue weighted by Crippen LogP contribution is -2.43. The van der Waals surface area contributed by atoms with E-state index in [9.17, 15) is 0 Å². The van der Waals surface area contributed by atoms with Gasteiger partial charge in [-0.25, -0.2) is 0 Å². The number of azo groups is 1. The number of nitrogens with zero attached hydrogens (tertiary/aromatic N) is 4. The van der Waals surface area contributed by atoms with E-state index in [2.05, 4.69) is 33.7 Å². The van der Waals surface area contributed by atoms with Crippen LogP contribution in [0, 0.1) is 0 Å².